The normalized spacial score (nSPS) is 10.3. The summed E-state index contributed by atoms with van der Waals surface area (Å²) in [6.45, 7) is 18.2. The summed E-state index contributed by atoms with van der Waals surface area (Å²) in [7, 11) is 0. The summed E-state index contributed by atoms with van der Waals surface area (Å²) in [5.74, 6) is 0.308. The van der Waals surface area contributed by atoms with Crippen LogP contribution in [0, 0.1) is 20.4 Å². The van der Waals surface area contributed by atoms with Crippen LogP contribution in [0.3, 0.4) is 0 Å². The van der Waals surface area contributed by atoms with E-state index < -0.39 is 0 Å². The molecule has 70 valence electrons. The van der Waals surface area contributed by atoms with Crippen molar-refractivity contribution >= 4 is 28.3 Å². The highest BCUT2D eigenvalue weighted by Gasteiger charge is 2.09. The molecule has 0 aliphatic heterocycles. The summed E-state index contributed by atoms with van der Waals surface area (Å²) in [6.07, 6.45) is 0. The van der Waals surface area contributed by atoms with Crippen LogP contribution in [0.1, 0.15) is 11.1 Å². The molecule has 0 N–H and O–H groups in total. The predicted octanol–water partition coefficient (Wildman–Crippen LogP) is 3.56. The van der Waals surface area contributed by atoms with Crippen molar-refractivity contribution in [1.82, 2.24) is 4.98 Å². The molecule has 2 nitrogen and oxygen atoms in total. The van der Waals surface area contributed by atoms with Crippen molar-refractivity contribution in [3.8, 4) is 0 Å². The smallest absolute Gasteiger partial charge is 0.270 e. The molecule has 0 aliphatic carbocycles. The van der Waals surface area contributed by atoms with Crippen LogP contribution in [-0.4, -0.2) is 4.98 Å². The average molecular weight is 213 g/mol. The SMILES string of the molecule is [C-]#[N+]c1ccc2c(Cl)c([CH])c([CH])cc2n1. The molecule has 0 spiro atoms. The lowest BCUT2D eigenvalue weighted by atomic mass is 10.1. The quantitative estimate of drug-likeness (QED) is 0.611. The fraction of sp³-hybridized carbons (Fsp3) is 0. The molecule has 1 aromatic heterocycles. The van der Waals surface area contributed by atoms with Gasteiger partial charge in [-0.25, -0.2) is 0 Å². The Morgan fingerprint density at radius 2 is 2.07 bits per heavy atom. The third-order valence-corrected chi connectivity index (χ3v) is 2.51. The van der Waals surface area contributed by atoms with Gasteiger partial charge in [0.1, 0.15) is 0 Å². The predicted molar refractivity (Wildman–Crippen MR) is 59.8 cm³/mol. The monoisotopic (exact) mass is 212 g/mol. The van der Waals surface area contributed by atoms with Gasteiger partial charge in [-0.15, -0.1) is 4.98 Å². The molecule has 4 radical (unpaired) electrons. The van der Waals surface area contributed by atoms with E-state index in [1.165, 1.54) is 0 Å². The van der Waals surface area contributed by atoms with Crippen molar-refractivity contribution in [2.75, 3.05) is 0 Å². The molecule has 2 aromatic rings. The largest absolute Gasteiger partial charge is 0.361 e. The minimum atomic E-state index is 0.308. The van der Waals surface area contributed by atoms with Gasteiger partial charge in [0.2, 0.25) is 0 Å². The van der Waals surface area contributed by atoms with Crippen LogP contribution in [0.2, 0.25) is 5.02 Å². The number of nitrogens with zero attached hydrogens (tertiary/aromatic N) is 2. The number of hydrogen-bond acceptors (Lipinski definition) is 1. The van der Waals surface area contributed by atoms with E-state index in [-0.39, 0.29) is 0 Å². The molecule has 15 heavy (non-hydrogen) atoms. The molecule has 0 aliphatic rings. The highest BCUT2D eigenvalue weighted by molar-refractivity contribution is 6.36. The Kier molecular flexibility index (Phi) is 2.34. The molecule has 1 heterocycles. The Morgan fingerprint density at radius 3 is 2.73 bits per heavy atom. The second-order valence-corrected chi connectivity index (χ2v) is 3.42. The number of aromatic nitrogens is 1. The van der Waals surface area contributed by atoms with Crippen LogP contribution >= 0.6 is 11.6 Å². The van der Waals surface area contributed by atoms with Gasteiger partial charge >= 0.3 is 0 Å². The molecule has 0 amide bonds. The molecule has 1 aromatic carbocycles. The highest BCUT2D eigenvalue weighted by Crippen LogP contribution is 2.29. The van der Waals surface area contributed by atoms with Gasteiger partial charge in [0.05, 0.1) is 5.02 Å². The maximum atomic E-state index is 6.84. The molecule has 0 atom stereocenters. The lowest BCUT2D eigenvalue weighted by Gasteiger charge is -2.04. The van der Waals surface area contributed by atoms with Gasteiger partial charge < -0.3 is 4.85 Å². The first-order chi connectivity index (χ1) is 7.13. The van der Waals surface area contributed by atoms with Gasteiger partial charge in [-0.05, 0) is 30.2 Å². The third kappa shape index (κ3) is 1.55. The van der Waals surface area contributed by atoms with Gasteiger partial charge in [-0.2, -0.15) is 0 Å². The number of fused-ring (bicyclic) bond motifs is 1. The molecule has 0 bridgehead atoms. The maximum Gasteiger partial charge on any atom is 0.270 e. The fourth-order valence-corrected chi connectivity index (χ4v) is 1.59. The summed E-state index contributed by atoms with van der Waals surface area (Å²) in [6, 6.07) is 4.93. The summed E-state index contributed by atoms with van der Waals surface area (Å²) in [5.41, 5.74) is 1.31. The van der Waals surface area contributed by atoms with Crippen molar-refractivity contribution in [2.24, 2.45) is 0 Å². The van der Waals surface area contributed by atoms with Crippen molar-refractivity contribution in [3.63, 3.8) is 0 Å². The molecule has 3 heteroatoms. The van der Waals surface area contributed by atoms with E-state index in [1.807, 2.05) is 0 Å². The Labute approximate surface area is 93.3 Å². The van der Waals surface area contributed by atoms with Crippen molar-refractivity contribution in [2.45, 2.75) is 0 Å². The Balaban J connectivity index is 2.87. The fourth-order valence-electron chi connectivity index (χ4n) is 1.32. The van der Waals surface area contributed by atoms with E-state index in [4.69, 9.17) is 32.0 Å². The molecule has 0 fully saturated rings. The van der Waals surface area contributed by atoms with E-state index in [1.54, 1.807) is 18.2 Å². The maximum absolute atomic E-state index is 6.84. The van der Waals surface area contributed by atoms with E-state index in [0.29, 0.717) is 32.9 Å². The van der Waals surface area contributed by atoms with Crippen LogP contribution < -0.4 is 0 Å². The molecule has 0 unspecified atom stereocenters. The summed E-state index contributed by atoms with van der Waals surface area (Å²) in [5, 5.41) is 1.09. The van der Waals surface area contributed by atoms with Gasteiger partial charge in [0.25, 0.3) is 5.82 Å². The Bertz CT molecular complexity index is 582. The first-order valence-electron chi connectivity index (χ1n) is 4.15. The van der Waals surface area contributed by atoms with Crippen LogP contribution in [0.15, 0.2) is 18.2 Å². The van der Waals surface area contributed by atoms with Gasteiger partial charge in [0, 0.05) is 12.3 Å². The minimum Gasteiger partial charge on any atom is -0.361 e. The van der Waals surface area contributed by atoms with Crippen molar-refractivity contribution in [3.05, 3.63) is 59.6 Å². The standard InChI is InChI=1S/C12H5ClN2/c1-7-6-10-9(12(13)8(7)2)4-5-11(14-3)15-10/h1-2,4-6H. The first kappa shape index (κ1) is 9.95. The van der Waals surface area contributed by atoms with Crippen LogP contribution in [0.25, 0.3) is 15.7 Å². The highest BCUT2D eigenvalue weighted by atomic mass is 35.5. The summed E-state index contributed by atoms with van der Waals surface area (Å²) in [4.78, 5) is 7.31. The molecular weight excluding hydrogens is 208 g/mol. The number of hydrogen-bond donors (Lipinski definition) is 0. The van der Waals surface area contributed by atoms with Gasteiger partial charge in [0.15, 0.2) is 5.52 Å². The zero-order valence-corrected chi connectivity index (χ0v) is 8.42. The first-order valence-corrected chi connectivity index (χ1v) is 4.53. The number of rotatable bonds is 0. The van der Waals surface area contributed by atoms with Gasteiger partial charge in [-0.3, -0.25) is 0 Å². The van der Waals surface area contributed by atoms with Crippen LogP contribution in [0.5, 0.6) is 0 Å². The molecular formula is C12H5ClN2. The Hall–Kier alpha value is -1.59. The Morgan fingerprint density at radius 1 is 1.33 bits per heavy atom. The topological polar surface area (TPSA) is 17.2 Å². The van der Waals surface area contributed by atoms with Crippen LogP contribution in [-0.2, 0) is 0 Å². The average Bonchev–Trinajstić information content (AvgIpc) is 2.25. The van der Waals surface area contributed by atoms with E-state index in [0.717, 1.165) is 0 Å². The van der Waals surface area contributed by atoms with Crippen molar-refractivity contribution in [1.29, 1.82) is 0 Å². The number of pyridine rings is 1. The lowest BCUT2D eigenvalue weighted by Crippen LogP contribution is -1.87. The summed E-state index contributed by atoms with van der Waals surface area (Å²) < 4.78 is 0. The second kappa shape index (κ2) is 3.52. The van der Waals surface area contributed by atoms with E-state index in [9.17, 15) is 0 Å². The molecule has 0 saturated carbocycles. The minimum absolute atomic E-state index is 0.308. The summed E-state index contributed by atoms with van der Waals surface area (Å²) >= 11 is 6.00. The van der Waals surface area contributed by atoms with E-state index in [2.05, 4.69) is 9.83 Å². The van der Waals surface area contributed by atoms with Gasteiger partial charge in [-0.1, -0.05) is 24.2 Å². The molecule has 2 rings (SSSR count). The third-order valence-electron chi connectivity index (χ3n) is 2.10. The van der Waals surface area contributed by atoms with Crippen LogP contribution in [0.4, 0.5) is 5.82 Å². The molecule has 0 saturated heterocycles. The zero-order valence-electron chi connectivity index (χ0n) is 7.66. The van der Waals surface area contributed by atoms with Crippen molar-refractivity contribution < 1.29 is 0 Å². The lowest BCUT2D eigenvalue weighted by molar-refractivity contribution is 1.42. The second-order valence-electron chi connectivity index (χ2n) is 3.04. The zero-order chi connectivity index (χ0) is 11.0. The van der Waals surface area contributed by atoms with E-state index >= 15 is 0 Å². The number of benzene rings is 1. The number of halogens is 1.